The summed E-state index contributed by atoms with van der Waals surface area (Å²) in [4.78, 5) is 15.0. The van der Waals surface area contributed by atoms with Crippen molar-refractivity contribution in [2.45, 2.75) is 192 Å². The molecule has 3 saturated carbocycles. The largest absolute Gasteiger partial charge is 0.394 e. The second-order valence-corrected chi connectivity index (χ2v) is 20.3. The van der Waals surface area contributed by atoms with E-state index in [2.05, 4.69) is 47.6 Å². The van der Waals surface area contributed by atoms with Crippen LogP contribution in [0, 0.1) is 39.4 Å². The van der Waals surface area contributed by atoms with Crippen molar-refractivity contribution >= 4 is 5.78 Å². The molecule has 14 nitrogen and oxygen atoms in total. The van der Waals surface area contributed by atoms with Gasteiger partial charge in [-0.05, 0) is 94.3 Å². The highest BCUT2D eigenvalue weighted by atomic mass is 16.7. The molecule has 0 aromatic rings. The minimum atomic E-state index is -1.54. The first-order valence-corrected chi connectivity index (χ1v) is 20.9. The van der Waals surface area contributed by atoms with E-state index >= 15 is 0 Å². The van der Waals surface area contributed by atoms with E-state index in [0.29, 0.717) is 25.7 Å². The number of fused-ring (bicyclic) bond motifs is 5. The van der Waals surface area contributed by atoms with Gasteiger partial charge in [-0.3, -0.25) is 4.79 Å². The second kappa shape index (κ2) is 14.5. The number of Topliss-reactive ketones (excluding diaryl/α,β-unsaturated/α-hetero) is 1. The Morgan fingerprint density at radius 1 is 0.732 bits per heavy atom. The molecule has 19 atom stereocenters. The topological polar surface area (TPSA) is 225 Å². The molecule has 0 amide bonds. The fourth-order valence-electron chi connectivity index (χ4n) is 13.1. The van der Waals surface area contributed by atoms with Crippen LogP contribution in [0.2, 0.25) is 0 Å². The lowest BCUT2D eigenvalue weighted by Gasteiger charge is -2.65. The Labute approximate surface area is 330 Å². The van der Waals surface area contributed by atoms with Crippen LogP contribution in [0.25, 0.3) is 0 Å². The molecule has 3 aliphatic heterocycles. The van der Waals surface area contributed by atoms with Crippen LogP contribution in [0.1, 0.15) is 107 Å². The van der Waals surface area contributed by atoms with E-state index in [1.54, 1.807) is 0 Å². The molecular weight excluding hydrogens is 728 g/mol. The summed E-state index contributed by atoms with van der Waals surface area (Å²) in [7, 11) is 0. The number of hydrogen-bond donors (Lipinski definition) is 8. The molecule has 56 heavy (non-hydrogen) atoms. The van der Waals surface area contributed by atoms with Gasteiger partial charge in [-0.25, -0.2) is 0 Å². The number of ketones is 1. The van der Waals surface area contributed by atoms with Gasteiger partial charge >= 0.3 is 0 Å². The van der Waals surface area contributed by atoms with Crippen LogP contribution >= 0.6 is 0 Å². The lowest BCUT2D eigenvalue weighted by Crippen LogP contribution is -2.64. The number of hydrogen-bond acceptors (Lipinski definition) is 14. The Hall–Kier alpha value is -1.11. The zero-order valence-electron chi connectivity index (χ0n) is 34.3. The van der Waals surface area contributed by atoms with Gasteiger partial charge < -0.3 is 64.5 Å². The molecular formula is C42H68O14. The number of rotatable bonds is 8. The monoisotopic (exact) mass is 796 g/mol. The second-order valence-electron chi connectivity index (χ2n) is 20.3. The summed E-state index contributed by atoms with van der Waals surface area (Å²) in [6.45, 7) is 15.9. The number of ether oxygens (including phenoxy) is 5. The van der Waals surface area contributed by atoms with E-state index in [0.717, 1.165) is 25.7 Å². The van der Waals surface area contributed by atoms with Crippen molar-refractivity contribution in [3.63, 3.8) is 0 Å². The van der Waals surface area contributed by atoms with Crippen LogP contribution in [0.5, 0.6) is 0 Å². The normalized spacial score (nSPS) is 53.2. The van der Waals surface area contributed by atoms with Crippen LogP contribution in [0.3, 0.4) is 0 Å². The summed E-state index contributed by atoms with van der Waals surface area (Å²) in [5, 5.41) is 82.2. The van der Waals surface area contributed by atoms with Crippen LogP contribution in [0.15, 0.2) is 11.6 Å². The molecule has 19 unspecified atom stereocenters. The third-order valence-electron chi connectivity index (χ3n) is 16.8. The predicted octanol–water partition coefficient (Wildman–Crippen LogP) is 1.49. The van der Waals surface area contributed by atoms with Gasteiger partial charge in [0.15, 0.2) is 12.6 Å². The zero-order valence-corrected chi connectivity index (χ0v) is 34.3. The van der Waals surface area contributed by atoms with Gasteiger partial charge in [-0.2, -0.15) is 0 Å². The standard InChI is InChI=1S/C42H68O14/c1-37(2)20-9-11-25-39(5)15-13-24(41(7)16-14-28(55-41)38(3,4)56-36-34(51)32(49)30(47)23(19-44)53-36)40(39,6)17-26(45)42(25,8)21(20)10-12-27(37)54-35-33(50)31(48)29(46)22(18-43)52-35/h9,21-25,27-36,43-44,46-51H,10-19H2,1-8H3. The number of allylic oxidation sites excluding steroid dienone is 1. The number of aliphatic hydroxyl groups is 8. The van der Waals surface area contributed by atoms with Crippen LogP contribution in [-0.4, -0.2) is 145 Å². The van der Waals surface area contributed by atoms with Crippen molar-refractivity contribution in [1.29, 1.82) is 0 Å². The number of carbonyl (C=O) groups is 1. The summed E-state index contributed by atoms with van der Waals surface area (Å²) in [5.41, 5.74) is -1.98. The maximum atomic E-state index is 15.0. The van der Waals surface area contributed by atoms with Crippen molar-refractivity contribution in [2.24, 2.45) is 39.4 Å². The van der Waals surface area contributed by atoms with Gasteiger partial charge in [0.05, 0.1) is 36.6 Å². The van der Waals surface area contributed by atoms with E-state index < -0.39 is 103 Å². The molecule has 0 aromatic carbocycles. The maximum Gasteiger partial charge on any atom is 0.187 e. The highest BCUT2D eigenvalue weighted by Gasteiger charge is 2.72. The van der Waals surface area contributed by atoms with Gasteiger partial charge in [0, 0.05) is 17.3 Å². The first-order chi connectivity index (χ1) is 26.0. The molecule has 8 N–H and O–H groups in total. The van der Waals surface area contributed by atoms with E-state index in [1.807, 2.05) is 13.8 Å². The van der Waals surface area contributed by atoms with E-state index in [9.17, 15) is 45.6 Å². The molecule has 4 aliphatic carbocycles. The number of carbonyl (C=O) groups excluding carboxylic acids is 1. The highest BCUT2D eigenvalue weighted by molar-refractivity contribution is 5.88. The van der Waals surface area contributed by atoms with Gasteiger partial charge in [-0.1, -0.05) is 46.3 Å². The van der Waals surface area contributed by atoms with Crippen molar-refractivity contribution in [1.82, 2.24) is 0 Å². The summed E-state index contributed by atoms with van der Waals surface area (Å²) in [6.07, 6.45) is -6.34. The van der Waals surface area contributed by atoms with Crippen molar-refractivity contribution in [3.05, 3.63) is 11.6 Å². The molecule has 320 valence electrons. The molecule has 7 rings (SSSR count). The average Bonchev–Trinajstić information content (AvgIpc) is 3.68. The summed E-state index contributed by atoms with van der Waals surface area (Å²) < 4.78 is 31.1. The molecule has 0 spiro atoms. The minimum absolute atomic E-state index is 0.00175. The Morgan fingerprint density at radius 2 is 1.32 bits per heavy atom. The fourth-order valence-corrected chi connectivity index (χ4v) is 13.1. The molecule has 0 bridgehead atoms. The lowest BCUT2D eigenvalue weighted by molar-refractivity contribution is -0.334. The van der Waals surface area contributed by atoms with Crippen LogP contribution in [-0.2, 0) is 28.5 Å². The van der Waals surface area contributed by atoms with Crippen molar-refractivity contribution in [2.75, 3.05) is 13.2 Å². The van der Waals surface area contributed by atoms with E-state index in [4.69, 9.17) is 23.7 Å². The molecule has 0 radical (unpaired) electrons. The first kappa shape index (κ1) is 43.0. The predicted molar refractivity (Wildman–Crippen MR) is 199 cm³/mol. The van der Waals surface area contributed by atoms with Crippen molar-refractivity contribution < 1.29 is 69.3 Å². The molecule has 3 saturated heterocycles. The molecule has 6 fully saturated rings. The first-order valence-electron chi connectivity index (χ1n) is 20.9. The Balaban J connectivity index is 1.09. The summed E-state index contributed by atoms with van der Waals surface area (Å²) >= 11 is 0. The quantitative estimate of drug-likeness (QED) is 0.163. The average molecular weight is 797 g/mol. The third-order valence-corrected chi connectivity index (χ3v) is 16.8. The molecule has 7 aliphatic rings. The lowest BCUT2D eigenvalue weighted by atomic mass is 9.38. The highest BCUT2D eigenvalue weighted by Crippen LogP contribution is 2.75. The Morgan fingerprint density at radius 3 is 1.93 bits per heavy atom. The summed E-state index contributed by atoms with van der Waals surface area (Å²) in [5.74, 6) is 0.469. The fraction of sp³-hybridized carbons (Fsp3) is 0.929. The van der Waals surface area contributed by atoms with Gasteiger partial charge in [0.25, 0.3) is 0 Å². The van der Waals surface area contributed by atoms with Gasteiger partial charge in [0.1, 0.15) is 54.6 Å². The van der Waals surface area contributed by atoms with Gasteiger partial charge in [-0.15, -0.1) is 0 Å². The SMILES string of the molecule is CC(C)(OC1OC(CO)C(O)C(O)C1O)C1CCC(C)(C2CCC3(C)C4CC=C5C(CCC(OC6OC(CO)C(O)C(O)C6O)C5(C)C)C4(C)C(=O)CC23C)O1. The molecule has 3 heterocycles. The maximum absolute atomic E-state index is 15.0. The van der Waals surface area contributed by atoms with E-state index in [1.165, 1.54) is 5.57 Å². The minimum Gasteiger partial charge on any atom is -0.394 e. The van der Waals surface area contributed by atoms with Crippen LogP contribution in [0.4, 0.5) is 0 Å². The summed E-state index contributed by atoms with van der Waals surface area (Å²) in [6, 6.07) is 0. The zero-order chi connectivity index (χ0) is 41.1. The van der Waals surface area contributed by atoms with Gasteiger partial charge in [0.2, 0.25) is 0 Å². The molecule has 14 heteroatoms. The smallest absolute Gasteiger partial charge is 0.187 e. The van der Waals surface area contributed by atoms with Crippen molar-refractivity contribution in [3.8, 4) is 0 Å². The van der Waals surface area contributed by atoms with Crippen LogP contribution < -0.4 is 0 Å². The Bertz CT molecular complexity index is 1520. The Kier molecular flexibility index (Phi) is 11.1. The number of aliphatic hydroxyl groups excluding tert-OH is 8. The third kappa shape index (κ3) is 6.25. The van der Waals surface area contributed by atoms with E-state index in [-0.39, 0.29) is 40.5 Å². The molecule has 0 aromatic heterocycles.